The van der Waals surface area contributed by atoms with Crippen molar-refractivity contribution >= 4 is 0 Å². The summed E-state index contributed by atoms with van der Waals surface area (Å²) in [7, 11) is 0. The highest BCUT2D eigenvalue weighted by molar-refractivity contribution is 5.15. The van der Waals surface area contributed by atoms with Gasteiger partial charge in [-0.25, -0.2) is 0 Å². The van der Waals surface area contributed by atoms with Crippen molar-refractivity contribution in [3.05, 3.63) is 245 Å². The Kier molecular flexibility index (Phi) is 62.6. The Morgan fingerprint density at radius 1 is 0.310 bits per heavy atom. The van der Waals surface area contributed by atoms with Crippen LogP contribution in [0.25, 0.3) is 0 Å². The lowest BCUT2D eigenvalue weighted by molar-refractivity contribution is -0.0821. The fourth-order valence-corrected chi connectivity index (χ4v) is 9.46. The van der Waals surface area contributed by atoms with Crippen LogP contribution in [0.4, 0.5) is 0 Å². The van der Waals surface area contributed by atoms with Crippen LogP contribution in [0.1, 0.15) is 83.9 Å². The van der Waals surface area contributed by atoms with Gasteiger partial charge in [0.1, 0.15) is 0 Å². The van der Waals surface area contributed by atoms with Gasteiger partial charge in [-0.15, -0.1) is 52.6 Å². The molecule has 1 aliphatic rings. The molecule has 0 bridgehead atoms. The second-order valence-corrected chi connectivity index (χ2v) is 25.6. The smallest absolute Gasteiger partial charge is 0.0717 e. The van der Waals surface area contributed by atoms with E-state index in [0.717, 1.165) is 25.0 Å². The van der Waals surface area contributed by atoms with E-state index in [0.29, 0.717) is 172 Å². The largest absolute Gasteiger partial charge is 0.396 e. The van der Waals surface area contributed by atoms with Crippen LogP contribution in [-0.2, 0) is 86.1 Å². The molecule has 0 aromatic heterocycles. The summed E-state index contributed by atoms with van der Waals surface area (Å²) in [6, 6.07) is 30.7. The van der Waals surface area contributed by atoms with E-state index in [2.05, 4.69) is 110 Å². The van der Waals surface area contributed by atoms with Crippen molar-refractivity contribution < 1.29 is 71.4 Å². The molecular formula is C85H132O15. The molecular weight excluding hydrogens is 1260 g/mol. The molecule has 0 atom stereocenters. The molecule has 100 heavy (non-hydrogen) atoms. The summed E-state index contributed by atoms with van der Waals surface area (Å²) in [5.41, 5.74) is 2.45. The van der Waals surface area contributed by atoms with Gasteiger partial charge in [-0.2, -0.15) is 0 Å². The summed E-state index contributed by atoms with van der Waals surface area (Å²) < 4.78 is 78.8. The standard InChI is InChI=1S/C26H30O3.C17H30O3.C14H24O4.C14H24O3.C14H24O2/c1-26(20-27-17-23-11-5-2-6-12-23,21-28-18-24-13-7-3-8-14-24)22-29-19-25-15-9-4-10-16-25;1-5-8-11-18-14-17(4,15-19-12-9-6-2)16-20-13-10-7-3;1-4-7-16-11-14(10-15,12-17-8-5-2)13-18-9-6-3;1-5-8-15-11-14(4,12-16-9-6-2)13-17-10-7-3;1-3-9-15-11-13-5-7-14(8-6-13)12-16-10-4-2/h2-16H,17-22H2,1H3;5-10H,11-16H2,1-4H3;4-6,15H,1-3,7-13H2;5-7H,1-3,8-13H2,4H3;3-4,13-14H,1-2,5-12H2/b;8-5+,9-6+,10-7+;;;. The normalized spacial score (nSPS) is 13.9. The van der Waals surface area contributed by atoms with Crippen molar-refractivity contribution in [2.75, 3.05) is 172 Å². The molecule has 15 heteroatoms. The van der Waals surface area contributed by atoms with E-state index in [1.165, 1.54) is 42.4 Å². The molecule has 1 N–H and O–H groups in total. The Morgan fingerprint density at radius 3 is 0.740 bits per heavy atom. The second kappa shape index (κ2) is 66.4. The predicted molar refractivity (Wildman–Crippen MR) is 413 cm³/mol. The van der Waals surface area contributed by atoms with E-state index in [1.807, 2.05) is 124 Å². The van der Waals surface area contributed by atoms with Gasteiger partial charge in [0, 0.05) is 29.5 Å². The van der Waals surface area contributed by atoms with Gasteiger partial charge in [-0.05, 0) is 75.0 Å². The van der Waals surface area contributed by atoms with Gasteiger partial charge in [-0.3, -0.25) is 0 Å². The lowest BCUT2D eigenvalue weighted by atomic mass is 9.83. The fraction of sp³-hybridized carbons (Fsp3) is 0.529. The zero-order chi connectivity index (χ0) is 73.6. The Balaban J connectivity index is 0.00000125. The van der Waals surface area contributed by atoms with Gasteiger partial charge >= 0.3 is 0 Å². The minimum atomic E-state index is -0.560. The predicted octanol–water partition coefficient (Wildman–Crippen LogP) is 16.8. The Labute approximate surface area is 606 Å². The molecule has 0 aliphatic heterocycles. The molecule has 0 spiro atoms. The van der Waals surface area contributed by atoms with Crippen LogP contribution in [0.5, 0.6) is 0 Å². The number of hydrogen-bond donors (Lipinski definition) is 1. The van der Waals surface area contributed by atoms with Crippen molar-refractivity contribution in [3.63, 3.8) is 0 Å². The minimum absolute atomic E-state index is 0.0710. The second-order valence-electron chi connectivity index (χ2n) is 25.6. The lowest BCUT2D eigenvalue weighted by Gasteiger charge is -2.30. The highest BCUT2D eigenvalue weighted by atomic mass is 16.5. The third-order valence-corrected chi connectivity index (χ3v) is 14.9. The molecule has 3 aromatic rings. The van der Waals surface area contributed by atoms with Gasteiger partial charge in [0.15, 0.2) is 0 Å². The molecule has 0 amide bonds. The van der Waals surface area contributed by atoms with E-state index in [4.69, 9.17) is 66.3 Å². The summed E-state index contributed by atoms with van der Waals surface area (Å²) in [4.78, 5) is 0. The van der Waals surface area contributed by atoms with E-state index in [9.17, 15) is 5.11 Å². The average molecular weight is 1390 g/mol. The molecule has 562 valence electrons. The Morgan fingerprint density at radius 2 is 0.520 bits per heavy atom. The van der Waals surface area contributed by atoms with Crippen LogP contribution in [0.3, 0.4) is 0 Å². The Bertz CT molecular complexity index is 2240. The van der Waals surface area contributed by atoms with Crippen LogP contribution < -0.4 is 0 Å². The first-order valence-electron chi connectivity index (χ1n) is 35.2. The van der Waals surface area contributed by atoms with Gasteiger partial charge < -0.3 is 71.4 Å². The molecule has 0 heterocycles. The third kappa shape index (κ3) is 54.0. The monoisotopic (exact) mass is 1390 g/mol. The quantitative estimate of drug-likeness (QED) is 0.0421. The summed E-state index contributed by atoms with van der Waals surface area (Å²) in [6.45, 7) is 57.3. The van der Waals surface area contributed by atoms with Crippen molar-refractivity contribution in [2.24, 2.45) is 33.5 Å². The van der Waals surface area contributed by atoms with Crippen molar-refractivity contribution in [3.8, 4) is 0 Å². The molecule has 0 radical (unpaired) electrons. The maximum atomic E-state index is 9.56. The van der Waals surface area contributed by atoms with Crippen LogP contribution in [0.2, 0.25) is 0 Å². The highest BCUT2D eigenvalue weighted by Gasteiger charge is 2.32. The molecule has 4 rings (SSSR count). The van der Waals surface area contributed by atoms with Gasteiger partial charge in [0.05, 0.1) is 184 Å². The first-order chi connectivity index (χ1) is 48.7. The molecule has 3 aromatic carbocycles. The van der Waals surface area contributed by atoms with E-state index < -0.39 is 5.41 Å². The van der Waals surface area contributed by atoms with Crippen LogP contribution >= 0.6 is 0 Å². The van der Waals surface area contributed by atoms with Crippen LogP contribution in [0, 0.1) is 33.5 Å². The summed E-state index contributed by atoms with van der Waals surface area (Å²) >= 11 is 0. The van der Waals surface area contributed by atoms with E-state index in [1.54, 1.807) is 36.5 Å². The number of rotatable bonds is 57. The third-order valence-electron chi connectivity index (χ3n) is 14.9. The van der Waals surface area contributed by atoms with Crippen molar-refractivity contribution in [1.29, 1.82) is 0 Å². The van der Waals surface area contributed by atoms with E-state index >= 15 is 0 Å². The first kappa shape index (κ1) is 94.2. The number of ether oxygens (including phenoxy) is 14. The van der Waals surface area contributed by atoms with Gasteiger partial charge in [0.25, 0.3) is 0 Å². The maximum Gasteiger partial charge on any atom is 0.0717 e. The molecule has 0 unspecified atom stereocenters. The molecule has 1 fully saturated rings. The van der Waals surface area contributed by atoms with Crippen LogP contribution in [0.15, 0.2) is 229 Å². The molecule has 0 saturated heterocycles. The summed E-state index contributed by atoms with van der Waals surface area (Å²) in [6.07, 6.45) is 30.9. The number of aliphatic hydroxyl groups is 1. The van der Waals surface area contributed by atoms with Crippen molar-refractivity contribution in [1.82, 2.24) is 0 Å². The maximum absolute atomic E-state index is 9.56. The SMILES string of the molecule is C/C=C/COCC(C)(COC/C=C/C)COC/C=C/C.C=CCOCC(C)(COCC=C)COCC=C.C=CCOCC(CO)(COCC=C)COCC=C.C=CCOCC1CCC(COCC=C)CC1.CC(COCc1ccccc1)(COCc1ccccc1)COCc1ccccc1. The molecule has 1 aliphatic carbocycles. The highest BCUT2D eigenvalue weighted by Crippen LogP contribution is 2.29. The number of benzene rings is 3. The summed E-state index contributed by atoms with van der Waals surface area (Å²) in [5.74, 6) is 1.49. The zero-order valence-corrected chi connectivity index (χ0v) is 62.6. The first-order valence-corrected chi connectivity index (χ1v) is 35.2. The molecule has 1 saturated carbocycles. The Hall–Kier alpha value is -5.80. The topological polar surface area (TPSA) is 149 Å². The van der Waals surface area contributed by atoms with E-state index in [-0.39, 0.29) is 22.9 Å². The average Bonchev–Trinajstić information content (AvgIpc) is 1.08. The number of aliphatic hydroxyl groups excluding tert-OH is 1. The minimum Gasteiger partial charge on any atom is -0.396 e. The van der Waals surface area contributed by atoms with Gasteiger partial charge in [-0.1, -0.05) is 197 Å². The zero-order valence-electron chi connectivity index (χ0n) is 62.6. The number of allylic oxidation sites excluding steroid dienone is 3. The fourth-order valence-electron chi connectivity index (χ4n) is 9.46. The number of hydrogen-bond acceptors (Lipinski definition) is 15. The van der Waals surface area contributed by atoms with Crippen molar-refractivity contribution in [2.45, 2.75) is 87.0 Å². The summed E-state index contributed by atoms with van der Waals surface area (Å²) in [5, 5.41) is 9.56. The molecule has 15 nitrogen and oxygen atoms in total. The lowest BCUT2D eigenvalue weighted by Crippen LogP contribution is -2.41. The van der Waals surface area contributed by atoms with Gasteiger partial charge in [0.2, 0.25) is 0 Å². The van der Waals surface area contributed by atoms with Crippen LogP contribution in [-0.4, -0.2) is 177 Å².